The number of hydrogen-bond acceptors (Lipinski definition) is 8. The van der Waals surface area contributed by atoms with Gasteiger partial charge >= 0.3 is 0 Å². The number of fused-ring (bicyclic) bond motifs is 1. The molecule has 3 aromatic rings. The monoisotopic (exact) mass is 484 g/mol. The number of rotatable bonds is 8. The van der Waals surface area contributed by atoms with Gasteiger partial charge in [-0.2, -0.15) is 4.98 Å². The predicted octanol–water partition coefficient (Wildman–Crippen LogP) is 2.24. The Morgan fingerprint density at radius 3 is 2.76 bits per heavy atom. The number of carbonyl (C=O) groups is 2. The van der Waals surface area contributed by atoms with Gasteiger partial charge in [0.1, 0.15) is 23.3 Å². The van der Waals surface area contributed by atoms with Gasteiger partial charge in [0.15, 0.2) is 10.8 Å². The summed E-state index contributed by atoms with van der Waals surface area (Å²) >= 11 is 1.25. The minimum absolute atomic E-state index is 0.0485. The van der Waals surface area contributed by atoms with Gasteiger partial charge in [-0.05, 0) is 51.0 Å². The molecule has 1 aromatic carbocycles. The second-order valence-corrected chi connectivity index (χ2v) is 8.99. The number of carbonyl (C=O) groups excluding carboxylic acids is 2. The van der Waals surface area contributed by atoms with Crippen molar-refractivity contribution >= 4 is 44.3 Å². The van der Waals surface area contributed by atoms with Crippen LogP contribution in [-0.4, -0.2) is 52.6 Å². The van der Waals surface area contributed by atoms with Gasteiger partial charge < -0.3 is 20.3 Å². The number of ether oxygens (including phenoxy) is 1. The van der Waals surface area contributed by atoms with E-state index in [0.717, 1.165) is 25.1 Å². The van der Waals surface area contributed by atoms with E-state index in [2.05, 4.69) is 20.6 Å². The molecule has 0 aliphatic carbocycles. The summed E-state index contributed by atoms with van der Waals surface area (Å²) in [6.45, 7) is 6.15. The maximum absolute atomic E-state index is 13.0. The number of hydrogen-bond donors (Lipinski definition) is 2. The first-order valence-electron chi connectivity index (χ1n) is 11.4. The summed E-state index contributed by atoms with van der Waals surface area (Å²) < 4.78 is 7.07. The molecule has 2 aromatic heterocycles. The first-order chi connectivity index (χ1) is 16.5. The average molecular weight is 485 g/mol. The van der Waals surface area contributed by atoms with Gasteiger partial charge in [0.25, 0.3) is 5.56 Å². The van der Waals surface area contributed by atoms with Crippen molar-refractivity contribution in [1.29, 1.82) is 0 Å². The van der Waals surface area contributed by atoms with E-state index in [4.69, 9.17) is 4.74 Å². The lowest BCUT2D eigenvalue weighted by Gasteiger charge is -2.31. The molecular weight excluding hydrogens is 456 g/mol. The molecule has 0 bridgehead atoms. The Kier molecular flexibility index (Phi) is 7.41. The molecule has 34 heavy (non-hydrogen) atoms. The Hall–Kier alpha value is -3.47. The summed E-state index contributed by atoms with van der Waals surface area (Å²) in [6.07, 6.45) is 3.06. The molecule has 180 valence electrons. The zero-order valence-corrected chi connectivity index (χ0v) is 20.1. The van der Waals surface area contributed by atoms with Crippen molar-refractivity contribution in [2.24, 2.45) is 5.92 Å². The predicted molar refractivity (Wildman–Crippen MR) is 132 cm³/mol. The van der Waals surface area contributed by atoms with E-state index in [1.807, 2.05) is 18.7 Å². The highest BCUT2D eigenvalue weighted by atomic mass is 32.1. The lowest BCUT2D eigenvalue weighted by molar-refractivity contribution is -0.125. The topological polar surface area (TPSA) is 118 Å². The highest BCUT2D eigenvalue weighted by molar-refractivity contribution is 7.22. The minimum atomic E-state index is -0.335. The maximum atomic E-state index is 13.0. The molecule has 2 amide bonds. The standard InChI is InChI=1S/C23H28N6O4S/c1-3-24-21(31)15-6-5-11-28(12-15)23-27-20-19(34-23)22(32)29(14-25-20)13-18(30)26-16-7-9-17(10-8-16)33-4-2/h7-10,14-15H,3-6,11-13H2,1-2H3,(H,24,31)(H,26,30)/t15-/m1/s1. The third-order valence-electron chi connectivity index (χ3n) is 5.55. The van der Waals surface area contributed by atoms with Crippen LogP contribution in [0.25, 0.3) is 10.3 Å². The molecule has 1 fully saturated rings. The van der Waals surface area contributed by atoms with Crippen molar-refractivity contribution in [3.05, 3.63) is 40.9 Å². The number of benzene rings is 1. The smallest absolute Gasteiger partial charge is 0.273 e. The van der Waals surface area contributed by atoms with E-state index in [1.54, 1.807) is 24.3 Å². The molecule has 4 rings (SSSR count). The van der Waals surface area contributed by atoms with Crippen molar-refractivity contribution in [3.63, 3.8) is 0 Å². The molecule has 0 spiro atoms. The van der Waals surface area contributed by atoms with Crippen LogP contribution in [0.1, 0.15) is 26.7 Å². The number of piperidine rings is 1. The molecule has 1 saturated heterocycles. The van der Waals surface area contributed by atoms with Gasteiger partial charge in [-0.1, -0.05) is 11.3 Å². The molecular formula is C23H28N6O4S. The van der Waals surface area contributed by atoms with Crippen LogP contribution in [0, 0.1) is 5.92 Å². The Balaban J connectivity index is 1.46. The molecule has 1 aliphatic rings. The SMILES string of the molecule is CCNC(=O)[C@@H]1CCCN(c2nc3ncn(CC(=O)Nc4ccc(OCC)cc4)c(=O)c3s2)C1. The highest BCUT2D eigenvalue weighted by Crippen LogP contribution is 2.29. The van der Waals surface area contributed by atoms with Crippen LogP contribution in [-0.2, 0) is 16.1 Å². The highest BCUT2D eigenvalue weighted by Gasteiger charge is 2.27. The van der Waals surface area contributed by atoms with E-state index < -0.39 is 0 Å². The normalized spacial score (nSPS) is 15.8. The summed E-state index contributed by atoms with van der Waals surface area (Å²) in [4.78, 5) is 48.6. The summed E-state index contributed by atoms with van der Waals surface area (Å²) in [5.74, 6) is 0.334. The lowest BCUT2D eigenvalue weighted by Crippen LogP contribution is -2.43. The third-order valence-corrected chi connectivity index (χ3v) is 6.64. The molecule has 2 N–H and O–H groups in total. The molecule has 11 heteroatoms. The van der Waals surface area contributed by atoms with Gasteiger partial charge in [0, 0.05) is 25.3 Å². The quantitative estimate of drug-likeness (QED) is 0.503. The Labute approximate surface area is 201 Å². The number of amides is 2. The molecule has 0 radical (unpaired) electrons. The van der Waals surface area contributed by atoms with Gasteiger partial charge in [0.05, 0.1) is 12.5 Å². The van der Waals surface area contributed by atoms with Crippen molar-refractivity contribution < 1.29 is 14.3 Å². The zero-order chi connectivity index (χ0) is 24.1. The van der Waals surface area contributed by atoms with Gasteiger partial charge in [-0.15, -0.1) is 0 Å². The first-order valence-corrected chi connectivity index (χ1v) is 12.2. The Bertz CT molecular complexity index is 1220. The van der Waals surface area contributed by atoms with Crippen LogP contribution in [0.5, 0.6) is 5.75 Å². The largest absolute Gasteiger partial charge is 0.494 e. The van der Waals surface area contributed by atoms with E-state index in [9.17, 15) is 14.4 Å². The van der Waals surface area contributed by atoms with E-state index in [-0.39, 0.29) is 29.8 Å². The second-order valence-electron chi connectivity index (χ2n) is 8.01. The van der Waals surface area contributed by atoms with Crippen LogP contribution < -0.4 is 25.8 Å². The third kappa shape index (κ3) is 5.36. The summed E-state index contributed by atoms with van der Waals surface area (Å²) in [7, 11) is 0. The second kappa shape index (κ2) is 10.6. The summed E-state index contributed by atoms with van der Waals surface area (Å²) in [6, 6.07) is 7.04. The molecule has 1 atom stereocenters. The average Bonchev–Trinajstić information content (AvgIpc) is 3.28. The molecule has 10 nitrogen and oxygen atoms in total. The summed E-state index contributed by atoms with van der Waals surface area (Å²) in [5, 5.41) is 6.33. The molecule has 0 saturated carbocycles. The number of thiazole rings is 1. The van der Waals surface area contributed by atoms with Crippen LogP contribution >= 0.6 is 11.3 Å². The van der Waals surface area contributed by atoms with E-state index >= 15 is 0 Å². The fraction of sp³-hybridized carbons (Fsp3) is 0.435. The molecule has 1 aliphatic heterocycles. The van der Waals surface area contributed by atoms with Crippen LogP contribution in [0.4, 0.5) is 10.8 Å². The summed E-state index contributed by atoms with van der Waals surface area (Å²) in [5.41, 5.74) is 0.656. The van der Waals surface area contributed by atoms with Crippen molar-refractivity contribution in [2.75, 3.05) is 36.5 Å². The minimum Gasteiger partial charge on any atom is -0.494 e. The van der Waals surface area contributed by atoms with Crippen LogP contribution in [0.2, 0.25) is 0 Å². The van der Waals surface area contributed by atoms with Gasteiger partial charge in [-0.25, -0.2) is 4.98 Å². The number of anilines is 2. The molecule has 0 unspecified atom stereocenters. The van der Waals surface area contributed by atoms with Crippen molar-refractivity contribution in [3.8, 4) is 5.75 Å². The first kappa shape index (κ1) is 23.7. The number of nitrogens with zero attached hydrogens (tertiary/aromatic N) is 4. The maximum Gasteiger partial charge on any atom is 0.273 e. The number of aromatic nitrogens is 3. The number of nitrogens with one attached hydrogen (secondary N) is 2. The lowest BCUT2D eigenvalue weighted by atomic mass is 9.97. The van der Waals surface area contributed by atoms with Crippen LogP contribution in [0.3, 0.4) is 0 Å². The van der Waals surface area contributed by atoms with Gasteiger partial charge in [-0.3, -0.25) is 19.0 Å². The fourth-order valence-corrected chi connectivity index (χ4v) is 4.93. The van der Waals surface area contributed by atoms with Gasteiger partial charge in [0.2, 0.25) is 11.8 Å². The Morgan fingerprint density at radius 1 is 1.24 bits per heavy atom. The van der Waals surface area contributed by atoms with Crippen molar-refractivity contribution in [1.82, 2.24) is 19.9 Å². The molecule has 3 heterocycles. The van der Waals surface area contributed by atoms with E-state index in [1.165, 1.54) is 22.2 Å². The Morgan fingerprint density at radius 2 is 2.03 bits per heavy atom. The van der Waals surface area contributed by atoms with Crippen LogP contribution in [0.15, 0.2) is 35.4 Å². The fourth-order valence-electron chi connectivity index (χ4n) is 3.92. The van der Waals surface area contributed by atoms with Crippen molar-refractivity contribution in [2.45, 2.75) is 33.2 Å². The zero-order valence-electron chi connectivity index (χ0n) is 19.2. The van der Waals surface area contributed by atoms with E-state index in [0.29, 0.717) is 40.9 Å².